The molecule has 1 aromatic rings. The molecule has 2 unspecified atom stereocenters. The number of hydrogen-bond acceptors (Lipinski definition) is 3. The Morgan fingerprint density at radius 1 is 1.39 bits per heavy atom. The lowest BCUT2D eigenvalue weighted by Crippen LogP contribution is -2.59. The van der Waals surface area contributed by atoms with Crippen molar-refractivity contribution >= 4 is 21.6 Å². The average molecular weight is 312 g/mol. The van der Waals surface area contributed by atoms with Crippen molar-refractivity contribution < 1.29 is 0 Å². The zero-order valence-corrected chi connectivity index (χ0v) is 12.9. The molecule has 0 aromatic heterocycles. The van der Waals surface area contributed by atoms with Crippen LogP contribution in [0.25, 0.3) is 0 Å². The van der Waals surface area contributed by atoms with Crippen molar-refractivity contribution in [3.63, 3.8) is 0 Å². The number of rotatable bonds is 2. The summed E-state index contributed by atoms with van der Waals surface area (Å²) in [5, 5.41) is 0. The first-order valence-corrected chi connectivity index (χ1v) is 7.25. The van der Waals surface area contributed by atoms with E-state index in [2.05, 4.69) is 64.8 Å². The first-order chi connectivity index (χ1) is 8.52. The molecule has 1 aromatic carbocycles. The van der Waals surface area contributed by atoms with E-state index in [1.807, 2.05) is 0 Å². The van der Waals surface area contributed by atoms with Gasteiger partial charge in [0.05, 0.1) is 6.04 Å². The molecule has 0 amide bonds. The van der Waals surface area contributed by atoms with Gasteiger partial charge in [-0.3, -0.25) is 0 Å². The van der Waals surface area contributed by atoms with Gasteiger partial charge in [0.25, 0.3) is 0 Å². The monoisotopic (exact) mass is 311 g/mol. The van der Waals surface area contributed by atoms with E-state index in [9.17, 15) is 0 Å². The number of likely N-dealkylation sites (N-methyl/N-ethyl adjacent to an activating group) is 1. The van der Waals surface area contributed by atoms with E-state index in [0.717, 1.165) is 17.6 Å². The minimum absolute atomic E-state index is 0.402. The molecule has 0 aliphatic carbocycles. The highest BCUT2D eigenvalue weighted by Gasteiger charge is 2.30. The standard InChI is InChI=1S/C14H22BrN3/c1-10-6-12(15)4-5-14(10)18-11(2)8-17(3)9-13(18)7-16/h4-6,11,13H,7-9,16H2,1-3H3. The molecule has 4 heteroatoms. The molecule has 2 atom stereocenters. The topological polar surface area (TPSA) is 32.5 Å². The predicted molar refractivity (Wildman–Crippen MR) is 81.2 cm³/mol. The maximum absolute atomic E-state index is 5.96. The molecule has 100 valence electrons. The van der Waals surface area contributed by atoms with E-state index in [1.54, 1.807) is 0 Å². The fraction of sp³-hybridized carbons (Fsp3) is 0.571. The van der Waals surface area contributed by atoms with Crippen molar-refractivity contribution in [2.24, 2.45) is 5.73 Å². The maximum atomic E-state index is 5.96. The highest BCUT2D eigenvalue weighted by atomic mass is 79.9. The van der Waals surface area contributed by atoms with E-state index >= 15 is 0 Å². The second kappa shape index (κ2) is 5.59. The zero-order valence-electron chi connectivity index (χ0n) is 11.4. The van der Waals surface area contributed by atoms with Gasteiger partial charge in [-0.1, -0.05) is 15.9 Å². The van der Waals surface area contributed by atoms with Crippen LogP contribution >= 0.6 is 15.9 Å². The minimum Gasteiger partial charge on any atom is -0.362 e. The van der Waals surface area contributed by atoms with Crippen LogP contribution < -0.4 is 10.6 Å². The summed E-state index contributed by atoms with van der Waals surface area (Å²) >= 11 is 3.53. The molecule has 0 saturated carbocycles. The first kappa shape index (κ1) is 13.8. The molecule has 18 heavy (non-hydrogen) atoms. The number of benzene rings is 1. The third kappa shape index (κ3) is 2.71. The summed E-state index contributed by atoms with van der Waals surface area (Å²) in [5.74, 6) is 0. The van der Waals surface area contributed by atoms with Crippen molar-refractivity contribution in [3.8, 4) is 0 Å². The maximum Gasteiger partial charge on any atom is 0.0542 e. The van der Waals surface area contributed by atoms with Gasteiger partial charge < -0.3 is 15.5 Å². The smallest absolute Gasteiger partial charge is 0.0542 e. The summed E-state index contributed by atoms with van der Waals surface area (Å²) in [7, 11) is 2.17. The first-order valence-electron chi connectivity index (χ1n) is 6.46. The van der Waals surface area contributed by atoms with Crippen LogP contribution in [-0.2, 0) is 0 Å². The van der Waals surface area contributed by atoms with Crippen LogP contribution in [0.15, 0.2) is 22.7 Å². The molecule has 2 N–H and O–H groups in total. The Morgan fingerprint density at radius 3 is 2.72 bits per heavy atom. The second-order valence-electron chi connectivity index (χ2n) is 5.30. The summed E-state index contributed by atoms with van der Waals surface area (Å²) in [4.78, 5) is 4.86. The Hall–Kier alpha value is -0.580. The van der Waals surface area contributed by atoms with Gasteiger partial charge in [-0.25, -0.2) is 0 Å². The fourth-order valence-electron chi connectivity index (χ4n) is 2.95. The van der Waals surface area contributed by atoms with Crippen molar-refractivity contribution in [2.75, 3.05) is 31.6 Å². The van der Waals surface area contributed by atoms with Gasteiger partial charge in [0, 0.05) is 35.8 Å². The number of piperazine rings is 1. The lowest BCUT2D eigenvalue weighted by Gasteiger charge is -2.46. The van der Waals surface area contributed by atoms with Crippen molar-refractivity contribution in [1.82, 2.24) is 4.90 Å². The molecular formula is C14H22BrN3. The molecule has 1 aliphatic heterocycles. The summed E-state index contributed by atoms with van der Waals surface area (Å²) in [6.07, 6.45) is 0. The number of nitrogens with two attached hydrogens (primary N) is 1. The average Bonchev–Trinajstić information content (AvgIpc) is 2.29. The van der Waals surface area contributed by atoms with Gasteiger partial charge in [0.1, 0.15) is 0 Å². The van der Waals surface area contributed by atoms with Crippen molar-refractivity contribution in [2.45, 2.75) is 25.9 Å². The van der Waals surface area contributed by atoms with Gasteiger partial charge in [-0.2, -0.15) is 0 Å². The van der Waals surface area contributed by atoms with Crippen molar-refractivity contribution in [1.29, 1.82) is 0 Å². The third-order valence-electron chi connectivity index (χ3n) is 3.68. The third-order valence-corrected chi connectivity index (χ3v) is 4.17. The van der Waals surface area contributed by atoms with Crippen molar-refractivity contribution in [3.05, 3.63) is 28.2 Å². The molecule has 3 nitrogen and oxygen atoms in total. The summed E-state index contributed by atoms with van der Waals surface area (Å²) in [6, 6.07) is 7.38. The SMILES string of the molecule is Cc1cc(Br)ccc1N1C(C)CN(C)CC1CN. The molecular weight excluding hydrogens is 290 g/mol. The molecule has 0 bridgehead atoms. The highest BCUT2D eigenvalue weighted by molar-refractivity contribution is 9.10. The van der Waals surface area contributed by atoms with Gasteiger partial charge in [0.2, 0.25) is 0 Å². The quantitative estimate of drug-likeness (QED) is 0.909. The molecule has 1 heterocycles. The minimum atomic E-state index is 0.402. The lowest BCUT2D eigenvalue weighted by atomic mass is 10.0. The number of aryl methyl sites for hydroxylation is 1. The fourth-order valence-corrected chi connectivity index (χ4v) is 3.43. The number of anilines is 1. The molecule has 0 radical (unpaired) electrons. The van der Waals surface area contributed by atoms with Crippen LogP contribution in [0.3, 0.4) is 0 Å². The van der Waals surface area contributed by atoms with Crippen LogP contribution in [0.2, 0.25) is 0 Å². The van der Waals surface area contributed by atoms with E-state index in [1.165, 1.54) is 11.3 Å². The lowest BCUT2D eigenvalue weighted by molar-refractivity contribution is 0.234. The Bertz CT molecular complexity index is 422. The Labute approximate surface area is 118 Å². The molecule has 0 spiro atoms. The largest absolute Gasteiger partial charge is 0.362 e. The predicted octanol–water partition coefficient (Wildman–Crippen LogP) is 2.23. The Balaban J connectivity index is 2.34. The number of nitrogens with zero attached hydrogens (tertiary/aromatic N) is 2. The number of halogens is 1. The van der Waals surface area contributed by atoms with Crippen LogP contribution in [0.1, 0.15) is 12.5 Å². The van der Waals surface area contributed by atoms with E-state index in [-0.39, 0.29) is 0 Å². The normalized spacial score (nSPS) is 25.5. The van der Waals surface area contributed by atoms with Crippen LogP contribution in [0, 0.1) is 6.92 Å². The van der Waals surface area contributed by atoms with Gasteiger partial charge in [-0.05, 0) is 44.7 Å². The molecule has 1 saturated heterocycles. The van der Waals surface area contributed by atoms with Gasteiger partial charge in [0.15, 0.2) is 0 Å². The van der Waals surface area contributed by atoms with Gasteiger partial charge >= 0.3 is 0 Å². The van der Waals surface area contributed by atoms with E-state index in [4.69, 9.17) is 5.73 Å². The second-order valence-corrected chi connectivity index (χ2v) is 6.21. The van der Waals surface area contributed by atoms with E-state index < -0.39 is 0 Å². The van der Waals surface area contributed by atoms with Crippen LogP contribution in [0.4, 0.5) is 5.69 Å². The summed E-state index contributed by atoms with van der Waals surface area (Å²) in [6.45, 7) is 7.27. The molecule has 1 aliphatic rings. The van der Waals surface area contributed by atoms with Crippen LogP contribution in [0.5, 0.6) is 0 Å². The molecule has 1 fully saturated rings. The Kier molecular flexibility index (Phi) is 4.30. The summed E-state index contributed by atoms with van der Waals surface area (Å²) < 4.78 is 1.13. The van der Waals surface area contributed by atoms with Crippen LogP contribution in [-0.4, -0.2) is 43.7 Å². The van der Waals surface area contributed by atoms with E-state index in [0.29, 0.717) is 18.6 Å². The highest BCUT2D eigenvalue weighted by Crippen LogP contribution is 2.29. The van der Waals surface area contributed by atoms with Gasteiger partial charge in [-0.15, -0.1) is 0 Å². The Morgan fingerprint density at radius 2 is 2.11 bits per heavy atom. The summed E-state index contributed by atoms with van der Waals surface area (Å²) in [5.41, 5.74) is 8.58. The molecule has 2 rings (SSSR count). The number of hydrogen-bond donors (Lipinski definition) is 1. The zero-order chi connectivity index (χ0) is 13.3.